The maximum Gasteiger partial charge on any atom is 0.114 e. The van der Waals surface area contributed by atoms with E-state index in [1.165, 1.54) is 0 Å². The van der Waals surface area contributed by atoms with Crippen LogP contribution in [0.5, 0.6) is 0 Å². The van der Waals surface area contributed by atoms with Crippen LogP contribution < -0.4 is 0 Å². The summed E-state index contributed by atoms with van der Waals surface area (Å²) in [6, 6.07) is 0. The SMILES string of the molecule is COC1=C/C/C=C\N=CC/C=C\1. The van der Waals surface area contributed by atoms with Crippen LogP contribution in [0.3, 0.4) is 0 Å². The van der Waals surface area contributed by atoms with Crippen molar-refractivity contribution < 1.29 is 4.74 Å². The third kappa shape index (κ3) is 3.19. The Labute approximate surface area is 73.0 Å². The van der Waals surface area contributed by atoms with Gasteiger partial charge in [0.2, 0.25) is 0 Å². The van der Waals surface area contributed by atoms with Gasteiger partial charge < -0.3 is 4.74 Å². The molecule has 1 rings (SSSR count). The highest BCUT2D eigenvalue weighted by atomic mass is 16.5. The first-order chi connectivity index (χ1) is 5.93. The van der Waals surface area contributed by atoms with Gasteiger partial charge in [-0.15, -0.1) is 0 Å². The van der Waals surface area contributed by atoms with Crippen LogP contribution in [0.2, 0.25) is 0 Å². The van der Waals surface area contributed by atoms with Gasteiger partial charge in [0.25, 0.3) is 0 Å². The molecule has 2 heteroatoms. The fourth-order valence-corrected chi connectivity index (χ4v) is 0.892. The summed E-state index contributed by atoms with van der Waals surface area (Å²) in [5.41, 5.74) is 0. The van der Waals surface area contributed by atoms with E-state index >= 15 is 0 Å². The minimum absolute atomic E-state index is 0.852. The molecule has 0 aliphatic carbocycles. The largest absolute Gasteiger partial charge is 0.497 e. The monoisotopic (exact) mass is 163 g/mol. The molecule has 64 valence electrons. The van der Waals surface area contributed by atoms with Gasteiger partial charge in [0, 0.05) is 18.8 Å². The highest BCUT2D eigenvalue weighted by Gasteiger charge is 1.87. The van der Waals surface area contributed by atoms with Crippen molar-refractivity contribution in [1.29, 1.82) is 0 Å². The Hall–Kier alpha value is -1.31. The zero-order valence-electron chi connectivity index (χ0n) is 7.23. The lowest BCUT2D eigenvalue weighted by atomic mass is 10.3. The first-order valence-corrected chi connectivity index (χ1v) is 4.01. The average Bonchev–Trinajstić information content (AvgIpc) is 2.14. The summed E-state index contributed by atoms with van der Waals surface area (Å²) in [5, 5.41) is 0. The molecule has 0 aromatic rings. The fraction of sp³-hybridized carbons (Fsp3) is 0.300. The number of aliphatic imine (C=N–C) groups is 1. The lowest BCUT2D eigenvalue weighted by Crippen LogP contribution is -1.82. The topological polar surface area (TPSA) is 21.6 Å². The molecule has 0 N–H and O–H groups in total. The first-order valence-electron chi connectivity index (χ1n) is 4.01. The number of hydrogen-bond donors (Lipinski definition) is 0. The van der Waals surface area contributed by atoms with Crippen molar-refractivity contribution in [1.82, 2.24) is 0 Å². The summed E-state index contributed by atoms with van der Waals surface area (Å²) in [6.07, 6.45) is 13.4. The Morgan fingerprint density at radius 1 is 1.33 bits per heavy atom. The zero-order valence-corrected chi connectivity index (χ0v) is 7.23. The minimum Gasteiger partial charge on any atom is -0.497 e. The molecule has 12 heavy (non-hydrogen) atoms. The van der Waals surface area contributed by atoms with Crippen molar-refractivity contribution >= 4 is 6.21 Å². The quantitative estimate of drug-likeness (QED) is 0.581. The van der Waals surface area contributed by atoms with Gasteiger partial charge in [0.15, 0.2) is 0 Å². The third-order valence-electron chi connectivity index (χ3n) is 1.51. The van der Waals surface area contributed by atoms with Crippen LogP contribution in [0.1, 0.15) is 12.8 Å². The summed E-state index contributed by atoms with van der Waals surface area (Å²) in [6.45, 7) is 0. The first kappa shape index (κ1) is 8.78. The molecular formula is C10H13NO. The standard InChI is InChI=1S/C10H13NO/c1-12-10-6-2-4-8-11-9-5-3-7-10/h2,5-9H,3-4H2,1H3/b6-2-,9-5-,10-7+,11-8?. The molecule has 0 fully saturated rings. The predicted molar refractivity (Wildman–Crippen MR) is 51.1 cm³/mol. The van der Waals surface area contributed by atoms with E-state index in [9.17, 15) is 0 Å². The van der Waals surface area contributed by atoms with Crippen molar-refractivity contribution in [3.8, 4) is 0 Å². The Kier molecular flexibility index (Phi) is 3.92. The van der Waals surface area contributed by atoms with Gasteiger partial charge in [-0.25, -0.2) is 0 Å². The molecule has 1 aliphatic heterocycles. The summed E-state index contributed by atoms with van der Waals surface area (Å²) in [5.74, 6) is 0.912. The molecule has 0 aromatic heterocycles. The van der Waals surface area contributed by atoms with E-state index < -0.39 is 0 Å². The molecule has 0 saturated heterocycles. The van der Waals surface area contributed by atoms with Crippen LogP contribution >= 0.6 is 0 Å². The van der Waals surface area contributed by atoms with Gasteiger partial charge in [-0.05, 0) is 18.6 Å². The highest BCUT2D eigenvalue weighted by molar-refractivity contribution is 5.60. The van der Waals surface area contributed by atoms with Crippen molar-refractivity contribution in [2.75, 3.05) is 7.11 Å². The van der Waals surface area contributed by atoms with Gasteiger partial charge in [0.1, 0.15) is 5.76 Å². The van der Waals surface area contributed by atoms with E-state index in [4.69, 9.17) is 4.74 Å². The van der Waals surface area contributed by atoms with Gasteiger partial charge in [-0.3, -0.25) is 4.99 Å². The summed E-state index contributed by atoms with van der Waals surface area (Å²) in [4.78, 5) is 4.06. The number of rotatable bonds is 1. The normalized spacial score (nSPS) is 26.9. The van der Waals surface area contributed by atoms with Crippen LogP contribution in [0.25, 0.3) is 0 Å². The van der Waals surface area contributed by atoms with Crippen molar-refractivity contribution in [3.63, 3.8) is 0 Å². The molecule has 1 heterocycles. The lowest BCUT2D eigenvalue weighted by Gasteiger charge is -1.98. The Bertz CT molecular complexity index is 236. The van der Waals surface area contributed by atoms with Crippen LogP contribution in [-0.4, -0.2) is 13.3 Å². The van der Waals surface area contributed by atoms with Crippen LogP contribution in [0, 0.1) is 0 Å². The zero-order chi connectivity index (χ0) is 8.65. The second-order valence-corrected chi connectivity index (χ2v) is 2.40. The molecule has 0 radical (unpaired) electrons. The molecule has 2 nitrogen and oxygen atoms in total. The fourth-order valence-electron chi connectivity index (χ4n) is 0.892. The Morgan fingerprint density at radius 2 is 2.25 bits per heavy atom. The maximum absolute atomic E-state index is 5.12. The molecule has 0 saturated carbocycles. The van der Waals surface area contributed by atoms with E-state index in [2.05, 4.69) is 4.99 Å². The van der Waals surface area contributed by atoms with Gasteiger partial charge in [0.05, 0.1) is 7.11 Å². The minimum atomic E-state index is 0.852. The smallest absolute Gasteiger partial charge is 0.114 e. The number of nitrogens with zero attached hydrogens (tertiary/aromatic N) is 1. The van der Waals surface area contributed by atoms with E-state index in [0.29, 0.717) is 0 Å². The number of allylic oxidation sites excluding steroid dienone is 4. The van der Waals surface area contributed by atoms with Crippen LogP contribution in [0.4, 0.5) is 0 Å². The molecule has 0 spiro atoms. The van der Waals surface area contributed by atoms with E-state index in [1.807, 2.05) is 36.7 Å². The van der Waals surface area contributed by atoms with E-state index in [0.717, 1.165) is 18.6 Å². The van der Waals surface area contributed by atoms with Crippen LogP contribution in [0.15, 0.2) is 41.3 Å². The Balaban J connectivity index is 2.63. The predicted octanol–water partition coefficient (Wildman–Crippen LogP) is 2.45. The number of hydrogen-bond acceptors (Lipinski definition) is 2. The molecule has 0 amide bonds. The maximum atomic E-state index is 5.12. The van der Waals surface area contributed by atoms with Crippen molar-refractivity contribution in [3.05, 3.63) is 36.3 Å². The van der Waals surface area contributed by atoms with E-state index in [1.54, 1.807) is 7.11 Å². The molecule has 0 unspecified atom stereocenters. The number of ether oxygens (including phenoxy) is 1. The van der Waals surface area contributed by atoms with Gasteiger partial charge in [-0.1, -0.05) is 12.2 Å². The van der Waals surface area contributed by atoms with E-state index in [-0.39, 0.29) is 0 Å². The average molecular weight is 163 g/mol. The van der Waals surface area contributed by atoms with Crippen molar-refractivity contribution in [2.24, 2.45) is 4.99 Å². The van der Waals surface area contributed by atoms with Gasteiger partial charge in [-0.2, -0.15) is 0 Å². The molecule has 0 bridgehead atoms. The third-order valence-corrected chi connectivity index (χ3v) is 1.51. The van der Waals surface area contributed by atoms with Gasteiger partial charge >= 0.3 is 0 Å². The van der Waals surface area contributed by atoms with Crippen LogP contribution in [-0.2, 0) is 4.74 Å². The number of methoxy groups -OCH3 is 1. The second-order valence-electron chi connectivity index (χ2n) is 2.40. The summed E-state index contributed by atoms with van der Waals surface area (Å²) in [7, 11) is 1.68. The summed E-state index contributed by atoms with van der Waals surface area (Å²) < 4.78 is 5.12. The molecule has 0 atom stereocenters. The Morgan fingerprint density at radius 3 is 3.08 bits per heavy atom. The molecule has 0 aromatic carbocycles. The second kappa shape index (κ2) is 5.35. The summed E-state index contributed by atoms with van der Waals surface area (Å²) >= 11 is 0. The molecular weight excluding hydrogens is 150 g/mol. The van der Waals surface area contributed by atoms with Crippen molar-refractivity contribution in [2.45, 2.75) is 12.8 Å². The lowest BCUT2D eigenvalue weighted by molar-refractivity contribution is 0.305. The highest BCUT2D eigenvalue weighted by Crippen LogP contribution is 2.02. The molecule has 1 aliphatic rings.